The van der Waals surface area contributed by atoms with Crippen molar-refractivity contribution < 1.29 is 19.5 Å². The molecular weight excluding hydrogens is 424 g/mol. The number of carboxylic acid groups (broad SMARTS) is 1. The number of rotatable bonds is 5. The molecule has 0 bridgehead atoms. The van der Waals surface area contributed by atoms with Gasteiger partial charge in [0.2, 0.25) is 5.91 Å². The van der Waals surface area contributed by atoms with E-state index < -0.39 is 11.5 Å². The van der Waals surface area contributed by atoms with Crippen LogP contribution in [-0.2, 0) is 10.2 Å². The molecule has 0 saturated carbocycles. The van der Waals surface area contributed by atoms with Crippen molar-refractivity contribution in [2.45, 2.75) is 18.3 Å². The van der Waals surface area contributed by atoms with E-state index in [9.17, 15) is 19.5 Å². The highest BCUT2D eigenvalue weighted by Gasteiger charge is 2.43. The van der Waals surface area contributed by atoms with Gasteiger partial charge >= 0.3 is 6.09 Å². The molecular formula is C21H21BrN2O4. The van der Waals surface area contributed by atoms with Crippen molar-refractivity contribution in [1.29, 1.82) is 0 Å². The van der Waals surface area contributed by atoms with Crippen LogP contribution in [0.5, 0.6) is 0 Å². The summed E-state index contributed by atoms with van der Waals surface area (Å²) in [7, 11) is 0. The molecule has 0 radical (unpaired) electrons. The summed E-state index contributed by atoms with van der Waals surface area (Å²) < 4.78 is 0.897. The van der Waals surface area contributed by atoms with Crippen molar-refractivity contribution >= 4 is 33.7 Å². The van der Waals surface area contributed by atoms with Gasteiger partial charge in [0, 0.05) is 23.1 Å². The van der Waals surface area contributed by atoms with E-state index >= 15 is 0 Å². The number of benzene rings is 2. The van der Waals surface area contributed by atoms with E-state index in [1.165, 1.54) is 4.90 Å². The molecule has 2 amide bonds. The van der Waals surface area contributed by atoms with Crippen LogP contribution in [0.15, 0.2) is 59.1 Å². The number of likely N-dealkylation sites (tertiary alicyclic amines) is 1. The number of nitrogens with one attached hydrogen (secondary N) is 1. The summed E-state index contributed by atoms with van der Waals surface area (Å²) >= 11 is 3.40. The lowest BCUT2D eigenvalue weighted by Crippen LogP contribution is -2.53. The number of carbonyl (C=O) groups is 3. The Morgan fingerprint density at radius 2 is 1.61 bits per heavy atom. The zero-order chi connectivity index (χ0) is 20.1. The number of amides is 2. The minimum Gasteiger partial charge on any atom is -0.465 e. The lowest BCUT2D eigenvalue weighted by atomic mass is 9.72. The summed E-state index contributed by atoms with van der Waals surface area (Å²) in [5, 5.41) is 12.0. The van der Waals surface area contributed by atoms with E-state index in [1.54, 1.807) is 24.3 Å². The maximum absolute atomic E-state index is 13.2. The Morgan fingerprint density at radius 1 is 1.00 bits per heavy atom. The number of Topliss-reactive ketones (excluding diaryl/α,β-unsaturated/α-hetero) is 1. The summed E-state index contributed by atoms with van der Waals surface area (Å²) in [6.45, 7) is 0.445. The molecule has 6 nitrogen and oxygen atoms in total. The Balaban J connectivity index is 1.79. The first-order valence-electron chi connectivity index (χ1n) is 9.03. The quantitative estimate of drug-likeness (QED) is 0.691. The molecule has 1 aliphatic rings. The molecule has 1 aliphatic heterocycles. The highest BCUT2D eigenvalue weighted by atomic mass is 79.9. The van der Waals surface area contributed by atoms with Crippen LogP contribution in [-0.4, -0.2) is 47.4 Å². The molecule has 2 N–H and O–H groups in total. The highest BCUT2D eigenvalue weighted by Crippen LogP contribution is 2.36. The molecule has 7 heteroatoms. The van der Waals surface area contributed by atoms with Crippen molar-refractivity contribution in [3.05, 3.63) is 70.2 Å². The third-order valence-corrected chi connectivity index (χ3v) is 5.75. The van der Waals surface area contributed by atoms with Crippen LogP contribution < -0.4 is 5.32 Å². The molecule has 1 saturated heterocycles. The van der Waals surface area contributed by atoms with E-state index in [0.29, 0.717) is 18.4 Å². The van der Waals surface area contributed by atoms with Crippen molar-refractivity contribution in [2.75, 3.05) is 19.6 Å². The summed E-state index contributed by atoms with van der Waals surface area (Å²) in [5.74, 6) is -0.410. The average Bonchev–Trinajstić information content (AvgIpc) is 2.72. The SMILES string of the molecule is O=C(CNC(=O)C1(c2ccc(Br)cc2)CCN(C(=O)O)CC1)c1ccccc1. The number of hydrogen-bond acceptors (Lipinski definition) is 3. The van der Waals surface area contributed by atoms with E-state index in [4.69, 9.17) is 0 Å². The smallest absolute Gasteiger partial charge is 0.407 e. The van der Waals surface area contributed by atoms with Crippen LogP contribution in [0.2, 0.25) is 0 Å². The molecule has 0 unspecified atom stereocenters. The summed E-state index contributed by atoms with van der Waals surface area (Å²) in [6.07, 6.45) is -0.248. The maximum Gasteiger partial charge on any atom is 0.407 e. The van der Waals surface area contributed by atoms with Gasteiger partial charge in [-0.2, -0.15) is 0 Å². The fraction of sp³-hybridized carbons (Fsp3) is 0.286. The molecule has 146 valence electrons. The number of carbonyl (C=O) groups excluding carboxylic acids is 2. The average molecular weight is 445 g/mol. The second kappa shape index (κ2) is 8.56. The lowest BCUT2D eigenvalue weighted by molar-refractivity contribution is -0.128. The van der Waals surface area contributed by atoms with Crippen LogP contribution in [0.1, 0.15) is 28.8 Å². The normalized spacial score (nSPS) is 15.7. The maximum atomic E-state index is 13.2. The molecule has 2 aromatic carbocycles. The van der Waals surface area contributed by atoms with E-state index in [-0.39, 0.29) is 31.3 Å². The molecule has 1 fully saturated rings. The van der Waals surface area contributed by atoms with Crippen LogP contribution in [0, 0.1) is 0 Å². The fourth-order valence-corrected chi connectivity index (χ4v) is 3.82. The van der Waals surface area contributed by atoms with Gasteiger partial charge in [-0.15, -0.1) is 0 Å². The van der Waals surface area contributed by atoms with Crippen LogP contribution in [0.25, 0.3) is 0 Å². The van der Waals surface area contributed by atoms with E-state index in [1.807, 2.05) is 30.3 Å². The van der Waals surface area contributed by atoms with Crippen molar-refractivity contribution in [1.82, 2.24) is 10.2 Å². The van der Waals surface area contributed by atoms with Crippen LogP contribution in [0.3, 0.4) is 0 Å². The Kier molecular flexibility index (Phi) is 6.14. The van der Waals surface area contributed by atoms with Gasteiger partial charge < -0.3 is 15.3 Å². The first kappa shape index (κ1) is 20.1. The Labute approximate surface area is 171 Å². The molecule has 0 atom stereocenters. The van der Waals surface area contributed by atoms with Gasteiger partial charge in [0.25, 0.3) is 0 Å². The Morgan fingerprint density at radius 3 is 2.18 bits per heavy atom. The predicted molar refractivity (Wildman–Crippen MR) is 108 cm³/mol. The summed E-state index contributed by atoms with van der Waals surface area (Å²) in [5.41, 5.74) is 0.510. The van der Waals surface area contributed by atoms with Crippen molar-refractivity contribution in [3.8, 4) is 0 Å². The van der Waals surface area contributed by atoms with Crippen molar-refractivity contribution in [2.24, 2.45) is 0 Å². The molecule has 1 heterocycles. The minimum atomic E-state index is -0.982. The largest absolute Gasteiger partial charge is 0.465 e. The zero-order valence-corrected chi connectivity index (χ0v) is 16.8. The number of piperidine rings is 1. The lowest BCUT2D eigenvalue weighted by Gasteiger charge is -2.40. The standard InChI is InChI=1S/C21H21BrN2O4/c22-17-8-6-16(7-9-17)21(10-12-24(13-11-21)20(27)28)19(26)23-14-18(25)15-4-2-1-3-5-15/h1-9H,10-14H2,(H,23,26)(H,27,28). The first-order valence-corrected chi connectivity index (χ1v) is 9.82. The number of hydrogen-bond donors (Lipinski definition) is 2. The van der Waals surface area contributed by atoms with Crippen molar-refractivity contribution in [3.63, 3.8) is 0 Å². The predicted octanol–water partition coefficient (Wildman–Crippen LogP) is 3.46. The topological polar surface area (TPSA) is 86.7 Å². The van der Waals surface area contributed by atoms with Gasteiger partial charge in [0.1, 0.15) is 0 Å². The van der Waals surface area contributed by atoms with Crippen LogP contribution in [0.4, 0.5) is 4.79 Å². The molecule has 2 aromatic rings. The van der Waals surface area contributed by atoms with Gasteiger partial charge in [0.15, 0.2) is 5.78 Å². The Bertz CT molecular complexity index is 860. The molecule has 0 aromatic heterocycles. The van der Waals surface area contributed by atoms with E-state index in [2.05, 4.69) is 21.2 Å². The van der Waals surface area contributed by atoms with Gasteiger partial charge in [-0.3, -0.25) is 9.59 Å². The Hall–Kier alpha value is -2.67. The second-order valence-corrected chi connectivity index (χ2v) is 7.75. The number of ketones is 1. The third-order valence-electron chi connectivity index (χ3n) is 5.22. The second-order valence-electron chi connectivity index (χ2n) is 6.83. The first-order chi connectivity index (χ1) is 13.4. The zero-order valence-electron chi connectivity index (χ0n) is 15.2. The molecule has 0 aliphatic carbocycles. The number of halogens is 1. The highest BCUT2D eigenvalue weighted by molar-refractivity contribution is 9.10. The van der Waals surface area contributed by atoms with Crippen LogP contribution >= 0.6 is 15.9 Å². The van der Waals surface area contributed by atoms with Gasteiger partial charge in [-0.05, 0) is 30.5 Å². The molecule has 3 rings (SSSR count). The number of nitrogens with zero attached hydrogens (tertiary/aromatic N) is 1. The van der Waals surface area contributed by atoms with E-state index in [0.717, 1.165) is 10.0 Å². The van der Waals surface area contributed by atoms with Gasteiger partial charge in [0.05, 0.1) is 12.0 Å². The molecule has 28 heavy (non-hydrogen) atoms. The third kappa shape index (κ3) is 4.25. The monoisotopic (exact) mass is 444 g/mol. The molecule has 0 spiro atoms. The fourth-order valence-electron chi connectivity index (χ4n) is 3.55. The van der Waals surface area contributed by atoms with Gasteiger partial charge in [-0.25, -0.2) is 4.79 Å². The summed E-state index contributed by atoms with van der Waals surface area (Å²) in [4.78, 5) is 38.1. The van der Waals surface area contributed by atoms with Gasteiger partial charge in [-0.1, -0.05) is 58.4 Å². The minimum absolute atomic E-state index is 0.0935. The summed E-state index contributed by atoms with van der Waals surface area (Å²) in [6, 6.07) is 16.3.